The molecule has 0 saturated carbocycles. The van der Waals surface area contributed by atoms with E-state index >= 15 is 0 Å². The van der Waals surface area contributed by atoms with E-state index in [2.05, 4.69) is 5.32 Å². The van der Waals surface area contributed by atoms with Gasteiger partial charge in [0.1, 0.15) is 0 Å². The normalized spacial score (nSPS) is 17.0. The fraction of sp³-hybridized carbons (Fsp3) is 0.417. The Balaban J connectivity index is 1.40. The Hall–Kier alpha value is -2.71. The minimum atomic E-state index is -3.58. The van der Waals surface area contributed by atoms with Crippen molar-refractivity contribution in [2.24, 2.45) is 5.92 Å². The van der Waals surface area contributed by atoms with Gasteiger partial charge in [-0.05, 0) is 74.4 Å². The van der Waals surface area contributed by atoms with E-state index in [0.29, 0.717) is 29.0 Å². The highest BCUT2D eigenvalue weighted by atomic mass is 32.2. The number of fused-ring (bicyclic) bond motifs is 1. The molecule has 1 amide bonds. The Morgan fingerprint density at radius 1 is 1.06 bits per heavy atom. The van der Waals surface area contributed by atoms with Gasteiger partial charge in [-0.25, -0.2) is 13.2 Å². The molecule has 2 aromatic rings. The maximum absolute atomic E-state index is 13.1. The maximum Gasteiger partial charge on any atom is 0.340 e. The second kappa shape index (κ2) is 9.42. The largest absolute Gasteiger partial charge is 0.462 e. The monoisotopic (exact) mass is 456 g/mol. The number of sulfonamides is 1. The second-order valence-electron chi connectivity index (χ2n) is 8.22. The number of nitrogens with zero attached hydrogens (tertiary/aromatic N) is 1. The number of hydrogen-bond acceptors (Lipinski definition) is 5. The molecule has 0 atom stereocenters. The highest BCUT2D eigenvalue weighted by Crippen LogP contribution is 2.29. The molecule has 7 nitrogen and oxygen atoms in total. The molecule has 0 bridgehead atoms. The Morgan fingerprint density at radius 3 is 2.53 bits per heavy atom. The van der Waals surface area contributed by atoms with Crippen LogP contribution < -0.4 is 5.32 Å². The van der Waals surface area contributed by atoms with Gasteiger partial charge < -0.3 is 10.1 Å². The Morgan fingerprint density at radius 2 is 1.78 bits per heavy atom. The van der Waals surface area contributed by atoms with Gasteiger partial charge in [-0.15, -0.1) is 0 Å². The molecule has 170 valence electrons. The molecule has 4 rings (SSSR count). The van der Waals surface area contributed by atoms with E-state index in [4.69, 9.17) is 4.74 Å². The Kier molecular flexibility index (Phi) is 6.62. The molecule has 1 fully saturated rings. The number of ether oxygens (including phenoxy) is 1. The SMILES string of the molecule is CCOC(=O)c1ccccc1NC(=O)C1CCN(S(=O)(=O)c2ccc3c(c2)CCC3)CC1. The van der Waals surface area contributed by atoms with Crippen LogP contribution in [0.3, 0.4) is 0 Å². The zero-order valence-corrected chi connectivity index (χ0v) is 19.0. The van der Waals surface area contributed by atoms with Gasteiger partial charge in [-0.3, -0.25) is 4.79 Å². The highest BCUT2D eigenvalue weighted by Gasteiger charge is 2.33. The molecule has 32 heavy (non-hydrogen) atoms. The van der Waals surface area contributed by atoms with Crippen LogP contribution in [-0.2, 0) is 32.4 Å². The van der Waals surface area contributed by atoms with Gasteiger partial charge in [-0.2, -0.15) is 4.31 Å². The first kappa shape index (κ1) is 22.5. The lowest BCUT2D eigenvalue weighted by molar-refractivity contribution is -0.120. The molecular weight excluding hydrogens is 428 g/mol. The Bertz CT molecular complexity index is 1120. The van der Waals surface area contributed by atoms with Crippen molar-refractivity contribution >= 4 is 27.6 Å². The van der Waals surface area contributed by atoms with Gasteiger partial charge >= 0.3 is 5.97 Å². The van der Waals surface area contributed by atoms with Crippen LogP contribution in [0.25, 0.3) is 0 Å². The summed E-state index contributed by atoms with van der Waals surface area (Å²) in [6.07, 6.45) is 3.86. The first-order valence-electron chi connectivity index (χ1n) is 11.1. The standard InChI is InChI=1S/C24H28N2O5S/c1-2-31-24(28)21-8-3-4-9-22(21)25-23(27)18-12-14-26(15-13-18)32(29,30)20-11-10-17-6-5-7-19(17)16-20/h3-4,8-11,16,18H,2,5-7,12-15H2,1H3,(H,25,27). The smallest absolute Gasteiger partial charge is 0.340 e. The summed E-state index contributed by atoms with van der Waals surface area (Å²) in [5, 5.41) is 2.83. The Labute approximate surface area is 188 Å². The van der Waals surface area contributed by atoms with Crippen LogP contribution in [-0.4, -0.2) is 44.3 Å². The summed E-state index contributed by atoms with van der Waals surface area (Å²) in [6.45, 7) is 2.55. The van der Waals surface area contributed by atoms with Crippen LogP contribution in [0.1, 0.15) is 47.7 Å². The van der Waals surface area contributed by atoms with Crippen molar-refractivity contribution in [3.05, 3.63) is 59.2 Å². The highest BCUT2D eigenvalue weighted by molar-refractivity contribution is 7.89. The molecule has 0 radical (unpaired) electrons. The van der Waals surface area contributed by atoms with Crippen LogP contribution in [0.2, 0.25) is 0 Å². The first-order valence-corrected chi connectivity index (χ1v) is 12.5. The molecule has 1 aliphatic carbocycles. The number of anilines is 1. The van der Waals surface area contributed by atoms with Crippen LogP contribution in [0.4, 0.5) is 5.69 Å². The number of amides is 1. The van der Waals surface area contributed by atoms with Gasteiger partial charge in [0.05, 0.1) is 22.8 Å². The van der Waals surface area contributed by atoms with Crippen molar-refractivity contribution in [2.45, 2.75) is 43.9 Å². The fourth-order valence-electron chi connectivity index (χ4n) is 4.43. The third-order valence-electron chi connectivity index (χ3n) is 6.21. The lowest BCUT2D eigenvalue weighted by atomic mass is 9.97. The quantitative estimate of drug-likeness (QED) is 0.673. The summed E-state index contributed by atoms with van der Waals surface area (Å²) in [6, 6.07) is 12.2. The molecule has 1 aliphatic heterocycles. The topological polar surface area (TPSA) is 92.8 Å². The van der Waals surface area contributed by atoms with Gasteiger partial charge in [0.15, 0.2) is 0 Å². The summed E-state index contributed by atoms with van der Waals surface area (Å²) in [5.41, 5.74) is 3.08. The lowest BCUT2D eigenvalue weighted by Gasteiger charge is -2.30. The minimum Gasteiger partial charge on any atom is -0.462 e. The van der Waals surface area contributed by atoms with Gasteiger partial charge in [0.2, 0.25) is 15.9 Å². The first-order chi connectivity index (χ1) is 15.4. The van der Waals surface area contributed by atoms with Crippen LogP contribution >= 0.6 is 0 Å². The number of para-hydroxylation sites is 1. The molecule has 1 saturated heterocycles. The molecule has 2 aromatic carbocycles. The summed E-state index contributed by atoms with van der Waals surface area (Å²) in [4.78, 5) is 25.3. The summed E-state index contributed by atoms with van der Waals surface area (Å²) in [5.74, 6) is -1.02. The lowest BCUT2D eigenvalue weighted by Crippen LogP contribution is -2.41. The van der Waals surface area contributed by atoms with Crippen LogP contribution in [0.5, 0.6) is 0 Å². The van der Waals surface area contributed by atoms with E-state index in [-0.39, 0.29) is 31.5 Å². The van der Waals surface area contributed by atoms with Crippen LogP contribution in [0.15, 0.2) is 47.4 Å². The van der Waals surface area contributed by atoms with Gasteiger partial charge in [0.25, 0.3) is 0 Å². The van der Waals surface area contributed by atoms with Crippen molar-refractivity contribution < 1.29 is 22.7 Å². The van der Waals surface area contributed by atoms with Crippen molar-refractivity contribution in [3.63, 3.8) is 0 Å². The number of rotatable bonds is 6. The number of aryl methyl sites for hydroxylation is 2. The predicted octanol–water partition coefficient (Wildman–Crippen LogP) is 3.39. The number of esters is 1. The summed E-state index contributed by atoms with van der Waals surface area (Å²) >= 11 is 0. The van der Waals surface area contributed by atoms with Crippen LogP contribution in [0, 0.1) is 5.92 Å². The van der Waals surface area contributed by atoms with E-state index in [1.54, 1.807) is 37.3 Å². The van der Waals surface area contributed by atoms with E-state index < -0.39 is 16.0 Å². The fourth-order valence-corrected chi connectivity index (χ4v) is 5.95. The van der Waals surface area contributed by atoms with E-state index in [1.165, 1.54) is 9.87 Å². The van der Waals surface area contributed by atoms with Gasteiger partial charge in [0, 0.05) is 19.0 Å². The molecule has 2 aliphatic rings. The number of piperidine rings is 1. The number of hydrogen-bond donors (Lipinski definition) is 1. The number of benzene rings is 2. The van der Waals surface area contributed by atoms with Gasteiger partial charge in [-0.1, -0.05) is 18.2 Å². The third-order valence-corrected chi connectivity index (χ3v) is 8.11. The molecule has 8 heteroatoms. The van der Waals surface area contributed by atoms with E-state index in [1.807, 2.05) is 12.1 Å². The minimum absolute atomic E-state index is 0.212. The predicted molar refractivity (Wildman–Crippen MR) is 121 cm³/mol. The molecule has 1 heterocycles. The second-order valence-corrected chi connectivity index (χ2v) is 10.2. The zero-order chi connectivity index (χ0) is 22.7. The molecular formula is C24H28N2O5S. The molecule has 0 aromatic heterocycles. The molecule has 1 N–H and O–H groups in total. The average molecular weight is 457 g/mol. The number of nitrogens with one attached hydrogen (secondary N) is 1. The van der Waals surface area contributed by atoms with Crippen molar-refractivity contribution in [3.8, 4) is 0 Å². The summed E-state index contributed by atoms with van der Waals surface area (Å²) < 4.78 is 32.7. The maximum atomic E-state index is 13.1. The number of carbonyl (C=O) groups excluding carboxylic acids is 2. The molecule has 0 spiro atoms. The van der Waals surface area contributed by atoms with Crippen molar-refractivity contribution in [1.29, 1.82) is 0 Å². The number of carbonyl (C=O) groups is 2. The van der Waals surface area contributed by atoms with E-state index in [0.717, 1.165) is 24.8 Å². The molecule has 0 unspecified atom stereocenters. The summed E-state index contributed by atoms with van der Waals surface area (Å²) in [7, 11) is -3.58. The van der Waals surface area contributed by atoms with E-state index in [9.17, 15) is 18.0 Å². The third kappa shape index (κ3) is 4.56. The zero-order valence-electron chi connectivity index (χ0n) is 18.2. The average Bonchev–Trinajstić information content (AvgIpc) is 3.27. The van der Waals surface area contributed by atoms with Crippen molar-refractivity contribution in [1.82, 2.24) is 4.31 Å². The van der Waals surface area contributed by atoms with Crippen molar-refractivity contribution in [2.75, 3.05) is 25.0 Å².